The van der Waals surface area contributed by atoms with E-state index < -0.39 is 12.0 Å². The molecule has 2 heterocycles. The van der Waals surface area contributed by atoms with Crippen LogP contribution < -0.4 is 0 Å². The van der Waals surface area contributed by atoms with E-state index in [9.17, 15) is 9.59 Å². The second kappa shape index (κ2) is 7.27. The number of cyclic esters (lactones) is 1. The van der Waals surface area contributed by atoms with Crippen molar-refractivity contribution < 1.29 is 19.1 Å². The number of amides is 2. The molecule has 1 aromatic heterocycles. The van der Waals surface area contributed by atoms with E-state index in [1.807, 2.05) is 30.3 Å². The Labute approximate surface area is 152 Å². The number of hydrogen-bond acceptors (Lipinski definition) is 5. The molecule has 0 aliphatic carbocycles. The van der Waals surface area contributed by atoms with Gasteiger partial charge in [-0.05, 0) is 18.2 Å². The topological polar surface area (TPSA) is 68.7 Å². The van der Waals surface area contributed by atoms with Gasteiger partial charge in [0, 0.05) is 22.5 Å². The number of aromatic nitrogens is 1. The number of rotatable bonds is 5. The fourth-order valence-corrected chi connectivity index (χ4v) is 3.03. The molecule has 0 spiro atoms. The summed E-state index contributed by atoms with van der Waals surface area (Å²) >= 11 is 2.22. The first-order valence-electron chi connectivity index (χ1n) is 7.33. The molecule has 24 heavy (non-hydrogen) atoms. The predicted octanol–water partition coefficient (Wildman–Crippen LogP) is 3.14. The van der Waals surface area contributed by atoms with Crippen LogP contribution in [0.25, 0.3) is 17.0 Å². The third-order valence-corrected chi connectivity index (χ3v) is 4.36. The Hall–Kier alpha value is -2.00. The van der Waals surface area contributed by atoms with Gasteiger partial charge in [-0.3, -0.25) is 9.78 Å². The Morgan fingerprint density at radius 3 is 2.88 bits per heavy atom. The summed E-state index contributed by atoms with van der Waals surface area (Å²) in [7, 11) is 1.51. The summed E-state index contributed by atoms with van der Waals surface area (Å²) in [6.07, 6.45) is 0.911. The lowest BCUT2D eigenvalue weighted by Crippen LogP contribution is -2.31. The molecule has 2 aromatic rings. The minimum atomic E-state index is -0.673. The fraction of sp³-hybridized carbons (Fsp3) is 0.235. The molecule has 2 amide bonds. The van der Waals surface area contributed by atoms with Gasteiger partial charge in [-0.1, -0.05) is 40.8 Å². The van der Waals surface area contributed by atoms with Crippen LogP contribution in [0.5, 0.6) is 0 Å². The van der Waals surface area contributed by atoms with Gasteiger partial charge in [-0.2, -0.15) is 0 Å². The number of para-hydroxylation sites is 1. The van der Waals surface area contributed by atoms with Gasteiger partial charge in [0.2, 0.25) is 0 Å². The van der Waals surface area contributed by atoms with Crippen molar-refractivity contribution in [3.05, 3.63) is 47.3 Å². The van der Waals surface area contributed by atoms with Crippen molar-refractivity contribution in [2.24, 2.45) is 0 Å². The molecular weight excluding hydrogens is 423 g/mol. The summed E-state index contributed by atoms with van der Waals surface area (Å²) in [4.78, 5) is 29.8. The highest BCUT2D eigenvalue weighted by molar-refractivity contribution is 14.1. The van der Waals surface area contributed by atoms with E-state index in [1.165, 1.54) is 7.11 Å². The van der Waals surface area contributed by atoms with Crippen LogP contribution in [0.2, 0.25) is 0 Å². The molecule has 0 saturated carbocycles. The van der Waals surface area contributed by atoms with E-state index in [4.69, 9.17) is 9.47 Å². The van der Waals surface area contributed by atoms with Gasteiger partial charge < -0.3 is 9.47 Å². The highest BCUT2D eigenvalue weighted by Crippen LogP contribution is 2.24. The second-order valence-electron chi connectivity index (χ2n) is 5.18. The van der Waals surface area contributed by atoms with Crippen molar-refractivity contribution in [2.45, 2.75) is 4.43 Å². The van der Waals surface area contributed by atoms with Crippen LogP contribution in [0, 0.1) is 0 Å². The number of methoxy groups -OCH3 is 1. The molecule has 7 heteroatoms. The molecule has 6 nitrogen and oxygen atoms in total. The maximum Gasteiger partial charge on any atom is 0.422 e. The number of carbonyl (C=O) groups excluding carboxylic acids is 2. The van der Waals surface area contributed by atoms with Crippen molar-refractivity contribution >= 4 is 51.6 Å². The lowest BCUT2D eigenvalue weighted by atomic mass is 10.1. The third-order valence-electron chi connectivity index (χ3n) is 3.64. The van der Waals surface area contributed by atoms with Crippen LogP contribution in [0.3, 0.4) is 0 Å². The van der Waals surface area contributed by atoms with Crippen molar-refractivity contribution in [1.82, 2.24) is 9.88 Å². The molecular formula is C17H15IN2O4. The normalized spacial score (nSPS) is 16.2. The van der Waals surface area contributed by atoms with Gasteiger partial charge >= 0.3 is 6.09 Å². The molecule has 1 saturated heterocycles. The van der Waals surface area contributed by atoms with E-state index >= 15 is 0 Å². The molecule has 1 fully saturated rings. The molecule has 1 aromatic carbocycles. The standard InChI is InChI=1S/C17H15IN2O4/c1-23-7-6-20-16(21)15(24-17(20)22)9-12-8-11-4-2-3-5-13(11)19-14(12)10-18/h2-5,8-9H,6-7,10H2,1H3/b15-9+. The zero-order valence-electron chi connectivity index (χ0n) is 13.0. The summed E-state index contributed by atoms with van der Waals surface area (Å²) in [5.41, 5.74) is 2.50. The van der Waals surface area contributed by atoms with Crippen LogP contribution in [-0.4, -0.2) is 42.1 Å². The van der Waals surface area contributed by atoms with E-state index in [0.29, 0.717) is 4.43 Å². The van der Waals surface area contributed by atoms with E-state index in [-0.39, 0.29) is 18.9 Å². The number of pyridine rings is 1. The molecule has 0 bridgehead atoms. The molecule has 1 aliphatic rings. The van der Waals surface area contributed by atoms with E-state index in [0.717, 1.165) is 27.1 Å². The Kier molecular flexibility index (Phi) is 5.10. The second-order valence-corrected chi connectivity index (χ2v) is 5.94. The molecule has 1 aliphatic heterocycles. The minimum absolute atomic E-state index is 0.0132. The molecule has 0 N–H and O–H groups in total. The SMILES string of the molecule is COCCN1C(=O)O/C(=C/c2cc3ccccc3nc2CI)C1=O. The van der Waals surface area contributed by atoms with Crippen molar-refractivity contribution in [1.29, 1.82) is 0 Å². The van der Waals surface area contributed by atoms with Crippen LogP contribution >= 0.6 is 22.6 Å². The Balaban J connectivity index is 1.97. The number of imide groups is 1. The van der Waals surface area contributed by atoms with Gasteiger partial charge in [0.15, 0.2) is 5.76 Å². The van der Waals surface area contributed by atoms with Crippen molar-refractivity contribution in [3.63, 3.8) is 0 Å². The number of halogens is 1. The van der Waals surface area contributed by atoms with Crippen molar-refractivity contribution in [3.8, 4) is 0 Å². The largest absolute Gasteiger partial charge is 0.422 e. The number of hydrogen-bond donors (Lipinski definition) is 0. The summed E-state index contributed by atoms with van der Waals surface area (Å²) in [5.74, 6) is -0.441. The zero-order chi connectivity index (χ0) is 17.1. The first kappa shape index (κ1) is 16.8. The molecule has 0 atom stereocenters. The highest BCUT2D eigenvalue weighted by atomic mass is 127. The predicted molar refractivity (Wildman–Crippen MR) is 97.5 cm³/mol. The highest BCUT2D eigenvalue weighted by Gasteiger charge is 2.36. The number of benzene rings is 1. The summed E-state index contributed by atoms with van der Waals surface area (Å²) in [6.45, 7) is 0.436. The van der Waals surface area contributed by atoms with E-state index in [2.05, 4.69) is 27.6 Å². The van der Waals surface area contributed by atoms with Gasteiger partial charge in [0.25, 0.3) is 5.91 Å². The Morgan fingerprint density at radius 2 is 2.12 bits per heavy atom. The molecule has 0 unspecified atom stereocenters. The van der Waals surface area contributed by atoms with Crippen LogP contribution in [0.15, 0.2) is 36.1 Å². The van der Waals surface area contributed by atoms with Gasteiger partial charge in [-0.15, -0.1) is 0 Å². The number of nitrogens with zero attached hydrogens (tertiary/aromatic N) is 2. The van der Waals surface area contributed by atoms with Gasteiger partial charge in [-0.25, -0.2) is 9.69 Å². The third kappa shape index (κ3) is 3.27. The fourth-order valence-electron chi connectivity index (χ4n) is 2.42. The summed E-state index contributed by atoms with van der Waals surface area (Å²) in [5, 5.41) is 0.964. The number of fused-ring (bicyclic) bond motifs is 1. The smallest absolute Gasteiger partial charge is 0.404 e. The lowest BCUT2D eigenvalue weighted by molar-refractivity contribution is -0.123. The van der Waals surface area contributed by atoms with E-state index in [1.54, 1.807) is 6.08 Å². The monoisotopic (exact) mass is 438 g/mol. The number of carbonyl (C=O) groups is 2. The minimum Gasteiger partial charge on any atom is -0.404 e. The Bertz CT molecular complexity index is 834. The summed E-state index contributed by atoms with van der Waals surface area (Å²) in [6, 6.07) is 9.70. The zero-order valence-corrected chi connectivity index (χ0v) is 15.1. The molecule has 0 radical (unpaired) electrons. The first-order valence-corrected chi connectivity index (χ1v) is 8.85. The quantitative estimate of drug-likeness (QED) is 0.408. The van der Waals surface area contributed by atoms with Crippen LogP contribution in [0.4, 0.5) is 4.79 Å². The van der Waals surface area contributed by atoms with Gasteiger partial charge in [0.05, 0.1) is 24.4 Å². The maximum absolute atomic E-state index is 12.3. The maximum atomic E-state index is 12.3. The summed E-state index contributed by atoms with van der Waals surface area (Å²) < 4.78 is 10.7. The van der Waals surface area contributed by atoms with Crippen LogP contribution in [0.1, 0.15) is 11.3 Å². The molecule has 124 valence electrons. The lowest BCUT2D eigenvalue weighted by Gasteiger charge is -2.08. The Morgan fingerprint density at radius 1 is 1.33 bits per heavy atom. The average Bonchev–Trinajstić information content (AvgIpc) is 2.86. The number of ether oxygens (including phenoxy) is 2. The molecule has 3 rings (SSSR count). The first-order chi connectivity index (χ1) is 11.6. The average molecular weight is 438 g/mol. The van der Waals surface area contributed by atoms with Crippen LogP contribution in [-0.2, 0) is 18.7 Å². The van der Waals surface area contributed by atoms with Crippen molar-refractivity contribution in [2.75, 3.05) is 20.3 Å². The number of alkyl halides is 1. The van der Waals surface area contributed by atoms with Gasteiger partial charge in [0.1, 0.15) is 0 Å².